The third-order valence-electron chi connectivity index (χ3n) is 2.88. The van der Waals surface area contributed by atoms with E-state index >= 15 is 0 Å². The molecule has 1 aromatic rings. The minimum Gasteiger partial charge on any atom is -0.384 e. The van der Waals surface area contributed by atoms with Crippen molar-refractivity contribution in [3.05, 3.63) is 29.8 Å². The smallest absolute Gasteiger partial charge is 0.0376 e. The third kappa shape index (κ3) is 1.43. The zero-order valence-corrected chi connectivity index (χ0v) is 8.59. The Kier molecular flexibility index (Phi) is 1.83. The number of anilines is 1. The molecule has 1 nitrogen and oxygen atoms in total. The Morgan fingerprint density at radius 3 is 2.69 bits per heavy atom. The van der Waals surface area contributed by atoms with Crippen LogP contribution in [-0.4, -0.2) is 6.54 Å². The highest BCUT2D eigenvalue weighted by atomic mass is 14.9. The van der Waals surface area contributed by atoms with E-state index in [2.05, 4.69) is 50.4 Å². The molecule has 0 fully saturated rings. The maximum absolute atomic E-state index is 3.46. The van der Waals surface area contributed by atoms with Gasteiger partial charge in [0.2, 0.25) is 0 Å². The SMILES string of the molecule is CC(C)(C)C1CNc2ccccc21.[HH]. The van der Waals surface area contributed by atoms with Crippen molar-refractivity contribution in [2.75, 3.05) is 11.9 Å². The highest BCUT2D eigenvalue weighted by molar-refractivity contribution is 5.58. The maximum Gasteiger partial charge on any atom is 0.0376 e. The zero-order chi connectivity index (χ0) is 9.47. The second-order valence-corrected chi connectivity index (χ2v) is 4.89. The predicted molar refractivity (Wildman–Crippen MR) is 59.2 cm³/mol. The molecule has 1 heteroatoms. The zero-order valence-electron chi connectivity index (χ0n) is 8.59. The van der Waals surface area contributed by atoms with Crippen molar-refractivity contribution < 1.29 is 1.43 Å². The molecule has 0 saturated carbocycles. The summed E-state index contributed by atoms with van der Waals surface area (Å²) in [6.45, 7) is 8.01. The summed E-state index contributed by atoms with van der Waals surface area (Å²) in [7, 11) is 0. The van der Waals surface area contributed by atoms with Crippen molar-refractivity contribution in [3.8, 4) is 0 Å². The van der Waals surface area contributed by atoms with Crippen molar-refractivity contribution >= 4 is 5.69 Å². The van der Waals surface area contributed by atoms with Gasteiger partial charge in [0.15, 0.2) is 0 Å². The van der Waals surface area contributed by atoms with Gasteiger partial charge in [0.1, 0.15) is 0 Å². The Hall–Kier alpha value is -0.980. The van der Waals surface area contributed by atoms with Crippen LogP contribution in [0.3, 0.4) is 0 Å². The van der Waals surface area contributed by atoms with Gasteiger partial charge in [-0.15, -0.1) is 0 Å². The summed E-state index contributed by atoms with van der Waals surface area (Å²) in [5, 5.41) is 3.46. The molecule has 0 radical (unpaired) electrons. The molecule has 1 aliphatic heterocycles. The molecule has 0 spiro atoms. The van der Waals surface area contributed by atoms with Gasteiger partial charge in [-0.2, -0.15) is 0 Å². The van der Waals surface area contributed by atoms with E-state index in [1.165, 1.54) is 11.3 Å². The van der Waals surface area contributed by atoms with E-state index in [0.717, 1.165) is 6.54 Å². The van der Waals surface area contributed by atoms with Crippen molar-refractivity contribution in [1.29, 1.82) is 0 Å². The second kappa shape index (κ2) is 2.76. The first-order valence-corrected chi connectivity index (χ1v) is 4.92. The fourth-order valence-electron chi connectivity index (χ4n) is 2.06. The Bertz CT molecular complexity index is 314. The Morgan fingerprint density at radius 1 is 1.31 bits per heavy atom. The van der Waals surface area contributed by atoms with E-state index < -0.39 is 0 Å². The van der Waals surface area contributed by atoms with Crippen LogP contribution in [0.15, 0.2) is 24.3 Å². The van der Waals surface area contributed by atoms with Gasteiger partial charge in [-0.1, -0.05) is 39.0 Å². The number of hydrogen-bond acceptors (Lipinski definition) is 1. The summed E-state index contributed by atoms with van der Waals surface area (Å²) in [6, 6.07) is 8.63. The second-order valence-electron chi connectivity index (χ2n) is 4.89. The molecule has 1 aromatic carbocycles. The molecular formula is C12H19N. The van der Waals surface area contributed by atoms with Crippen LogP contribution < -0.4 is 5.32 Å². The van der Waals surface area contributed by atoms with Crippen LogP contribution in [-0.2, 0) is 0 Å². The minimum atomic E-state index is 0. The lowest BCUT2D eigenvalue weighted by Crippen LogP contribution is -2.19. The highest BCUT2D eigenvalue weighted by Gasteiger charge is 2.31. The first-order chi connectivity index (χ1) is 6.09. The van der Waals surface area contributed by atoms with Gasteiger partial charge in [-0.3, -0.25) is 0 Å². The Balaban J connectivity index is 0.000000980. The lowest BCUT2D eigenvalue weighted by Gasteiger charge is -2.26. The van der Waals surface area contributed by atoms with Gasteiger partial charge < -0.3 is 5.32 Å². The third-order valence-corrected chi connectivity index (χ3v) is 2.88. The molecule has 1 aliphatic rings. The summed E-state index contributed by atoms with van der Waals surface area (Å²) in [5.41, 5.74) is 3.16. The topological polar surface area (TPSA) is 12.0 Å². The number of para-hydroxylation sites is 1. The molecule has 2 rings (SSSR count). The highest BCUT2D eigenvalue weighted by Crippen LogP contribution is 2.42. The van der Waals surface area contributed by atoms with Crippen LogP contribution in [0.2, 0.25) is 0 Å². The quantitative estimate of drug-likeness (QED) is 0.639. The van der Waals surface area contributed by atoms with E-state index in [4.69, 9.17) is 0 Å². The summed E-state index contributed by atoms with van der Waals surface area (Å²) in [6.07, 6.45) is 0. The molecule has 0 saturated heterocycles. The average molecular weight is 177 g/mol. The summed E-state index contributed by atoms with van der Waals surface area (Å²) in [4.78, 5) is 0. The van der Waals surface area contributed by atoms with E-state index in [9.17, 15) is 0 Å². The molecule has 1 N–H and O–H groups in total. The summed E-state index contributed by atoms with van der Waals surface area (Å²) in [5.74, 6) is 0.656. The number of rotatable bonds is 0. The molecule has 13 heavy (non-hydrogen) atoms. The van der Waals surface area contributed by atoms with Crippen LogP contribution in [0.25, 0.3) is 0 Å². The minimum absolute atomic E-state index is 0. The van der Waals surface area contributed by atoms with Gasteiger partial charge >= 0.3 is 0 Å². The van der Waals surface area contributed by atoms with Crippen molar-refractivity contribution in [2.45, 2.75) is 26.7 Å². The molecular weight excluding hydrogens is 158 g/mol. The number of fused-ring (bicyclic) bond motifs is 1. The average Bonchev–Trinajstić information content (AvgIpc) is 2.45. The Labute approximate surface area is 81.6 Å². The van der Waals surface area contributed by atoms with Crippen LogP contribution >= 0.6 is 0 Å². The monoisotopic (exact) mass is 177 g/mol. The van der Waals surface area contributed by atoms with Gasteiger partial charge in [0.05, 0.1) is 0 Å². The molecule has 72 valence electrons. The molecule has 0 bridgehead atoms. The van der Waals surface area contributed by atoms with Gasteiger partial charge in [0, 0.05) is 19.6 Å². The van der Waals surface area contributed by atoms with E-state index in [1.807, 2.05) is 0 Å². The standard InChI is InChI=1S/C12H17N.H2/c1-12(2,3)10-8-13-11-7-5-4-6-9(10)11;/h4-7,10,13H,8H2,1-3H3;1H. The van der Waals surface area contributed by atoms with Crippen LogP contribution in [0.1, 0.15) is 33.7 Å². The largest absolute Gasteiger partial charge is 0.384 e. The fraction of sp³-hybridized carbons (Fsp3) is 0.500. The number of benzene rings is 1. The summed E-state index contributed by atoms with van der Waals surface area (Å²) < 4.78 is 0. The first-order valence-electron chi connectivity index (χ1n) is 4.92. The van der Waals surface area contributed by atoms with E-state index in [0.29, 0.717) is 11.3 Å². The first kappa shape index (κ1) is 8.61. The molecule has 0 aliphatic carbocycles. The van der Waals surface area contributed by atoms with Crippen LogP contribution in [0.4, 0.5) is 5.69 Å². The normalized spacial score (nSPS) is 21.0. The van der Waals surface area contributed by atoms with Gasteiger partial charge in [0.25, 0.3) is 0 Å². The number of nitrogens with one attached hydrogen (secondary N) is 1. The molecule has 1 atom stereocenters. The van der Waals surface area contributed by atoms with Gasteiger partial charge in [-0.05, 0) is 17.0 Å². The lowest BCUT2D eigenvalue weighted by molar-refractivity contribution is 0.339. The van der Waals surface area contributed by atoms with E-state index in [1.54, 1.807) is 0 Å². The van der Waals surface area contributed by atoms with E-state index in [-0.39, 0.29) is 1.43 Å². The van der Waals surface area contributed by atoms with Crippen molar-refractivity contribution in [3.63, 3.8) is 0 Å². The molecule has 1 heterocycles. The van der Waals surface area contributed by atoms with Crippen molar-refractivity contribution in [1.82, 2.24) is 0 Å². The molecule has 0 aromatic heterocycles. The maximum atomic E-state index is 3.46. The predicted octanol–water partition coefficient (Wildman–Crippen LogP) is 3.49. The fourth-order valence-corrected chi connectivity index (χ4v) is 2.06. The molecule has 1 unspecified atom stereocenters. The van der Waals surface area contributed by atoms with Gasteiger partial charge in [-0.25, -0.2) is 0 Å². The van der Waals surface area contributed by atoms with Crippen LogP contribution in [0, 0.1) is 5.41 Å². The number of hydrogen-bond donors (Lipinski definition) is 1. The lowest BCUT2D eigenvalue weighted by atomic mass is 9.78. The van der Waals surface area contributed by atoms with Crippen LogP contribution in [0.5, 0.6) is 0 Å². The summed E-state index contributed by atoms with van der Waals surface area (Å²) >= 11 is 0. The Morgan fingerprint density at radius 2 is 2.00 bits per heavy atom. The molecule has 0 amide bonds. The van der Waals surface area contributed by atoms with Crippen molar-refractivity contribution in [2.24, 2.45) is 5.41 Å².